The standard InChI is InChI=1S/C15H20O2Si/c1-18(2,3)17-15-9-11(15)8-10-4-5-13-12(14(10)15)6-7-16-13/h4-5,11H,6-9H2,1-3H3. The van der Waals surface area contributed by atoms with Crippen LogP contribution >= 0.6 is 0 Å². The molecular formula is C15H20O2Si. The van der Waals surface area contributed by atoms with Gasteiger partial charge >= 0.3 is 0 Å². The number of ether oxygens (including phenoxy) is 1. The van der Waals surface area contributed by atoms with Crippen LogP contribution < -0.4 is 4.74 Å². The molecule has 0 saturated heterocycles. The molecule has 1 aromatic carbocycles. The molecule has 0 N–H and O–H groups in total. The molecule has 0 bridgehead atoms. The van der Waals surface area contributed by atoms with Gasteiger partial charge in [0.25, 0.3) is 0 Å². The molecule has 18 heavy (non-hydrogen) atoms. The summed E-state index contributed by atoms with van der Waals surface area (Å²) in [5.74, 6) is 1.85. The van der Waals surface area contributed by atoms with Gasteiger partial charge in [0.1, 0.15) is 5.75 Å². The van der Waals surface area contributed by atoms with Crippen LogP contribution in [0.25, 0.3) is 0 Å². The molecule has 96 valence electrons. The van der Waals surface area contributed by atoms with Crippen molar-refractivity contribution in [3.8, 4) is 5.75 Å². The molecule has 1 heterocycles. The summed E-state index contributed by atoms with van der Waals surface area (Å²) in [5, 5.41) is 0. The Morgan fingerprint density at radius 2 is 2.17 bits per heavy atom. The highest BCUT2D eigenvalue weighted by Gasteiger charge is 2.63. The van der Waals surface area contributed by atoms with Gasteiger partial charge in [-0.05, 0) is 55.6 Å². The Balaban J connectivity index is 1.83. The third kappa shape index (κ3) is 1.38. The molecule has 2 nitrogen and oxygen atoms in total. The Morgan fingerprint density at radius 1 is 1.33 bits per heavy atom. The van der Waals surface area contributed by atoms with Gasteiger partial charge in [-0.2, -0.15) is 0 Å². The van der Waals surface area contributed by atoms with E-state index < -0.39 is 8.32 Å². The first-order chi connectivity index (χ1) is 8.50. The highest BCUT2D eigenvalue weighted by atomic mass is 28.4. The highest BCUT2D eigenvalue weighted by Crippen LogP contribution is 2.65. The summed E-state index contributed by atoms with van der Waals surface area (Å²) >= 11 is 0. The zero-order valence-corrected chi connectivity index (χ0v) is 12.4. The van der Waals surface area contributed by atoms with Gasteiger partial charge in [0.2, 0.25) is 0 Å². The average Bonchev–Trinajstić information content (AvgIpc) is 2.69. The minimum Gasteiger partial charge on any atom is -0.493 e. The maximum Gasteiger partial charge on any atom is 0.184 e. The quantitative estimate of drug-likeness (QED) is 0.760. The monoisotopic (exact) mass is 260 g/mol. The lowest BCUT2D eigenvalue weighted by atomic mass is 9.96. The fourth-order valence-corrected chi connectivity index (χ4v) is 5.30. The number of fused-ring (bicyclic) bond motifs is 5. The summed E-state index contributed by atoms with van der Waals surface area (Å²) in [4.78, 5) is 0. The van der Waals surface area contributed by atoms with E-state index >= 15 is 0 Å². The van der Waals surface area contributed by atoms with Crippen molar-refractivity contribution < 1.29 is 9.16 Å². The van der Waals surface area contributed by atoms with E-state index in [-0.39, 0.29) is 5.60 Å². The van der Waals surface area contributed by atoms with Crippen LogP contribution in [0, 0.1) is 5.92 Å². The smallest absolute Gasteiger partial charge is 0.184 e. The van der Waals surface area contributed by atoms with Gasteiger partial charge < -0.3 is 9.16 Å². The van der Waals surface area contributed by atoms with Crippen LogP contribution in [0.1, 0.15) is 23.1 Å². The second kappa shape index (κ2) is 3.20. The molecular weight excluding hydrogens is 240 g/mol. The van der Waals surface area contributed by atoms with Gasteiger partial charge in [-0.3, -0.25) is 0 Å². The highest BCUT2D eigenvalue weighted by molar-refractivity contribution is 6.69. The lowest BCUT2D eigenvalue weighted by Gasteiger charge is -2.27. The molecule has 3 heteroatoms. The van der Waals surface area contributed by atoms with Crippen molar-refractivity contribution in [3.05, 3.63) is 28.8 Å². The van der Waals surface area contributed by atoms with Crippen LogP contribution in [-0.4, -0.2) is 14.9 Å². The Labute approximate surface area is 109 Å². The minimum absolute atomic E-state index is 0.0822. The summed E-state index contributed by atoms with van der Waals surface area (Å²) < 4.78 is 12.3. The molecule has 1 fully saturated rings. The molecule has 1 aromatic rings. The Kier molecular flexibility index (Phi) is 1.97. The van der Waals surface area contributed by atoms with Crippen LogP contribution in [-0.2, 0) is 22.9 Å². The minimum atomic E-state index is -1.49. The van der Waals surface area contributed by atoms with Crippen molar-refractivity contribution in [1.82, 2.24) is 0 Å². The lowest BCUT2D eigenvalue weighted by Crippen LogP contribution is -2.32. The van der Waals surface area contributed by atoms with Gasteiger partial charge in [0.15, 0.2) is 8.32 Å². The predicted molar refractivity (Wildman–Crippen MR) is 73.6 cm³/mol. The van der Waals surface area contributed by atoms with Gasteiger partial charge in [-0.15, -0.1) is 0 Å². The van der Waals surface area contributed by atoms with E-state index in [0.717, 1.165) is 24.7 Å². The molecule has 2 aliphatic carbocycles. The topological polar surface area (TPSA) is 18.5 Å². The fourth-order valence-electron chi connectivity index (χ4n) is 3.86. The fraction of sp³-hybridized carbons (Fsp3) is 0.600. The summed E-state index contributed by atoms with van der Waals surface area (Å²) in [6.07, 6.45) is 3.52. The van der Waals surface area contributed by atoms with Crippen molar-refractivity contribution in [2.75, 3.05) is 6.61 Å². The number of hydrogen-bond donors (Lipinski definition) is 0. The molecule has 2 atom stereocenters. The van der Waals surface area contributed by atoms with E-state index in [1.807, 2.05) is 0 Å². The molecule has 0 amide bonds. The Morgan fingerprint density at radius 3 is 2.94 bits per heavy atom. The normalized spacial score (nSPS) is 31.6. The van der Waals surface area contributed by atoms with Crippen molar-refractivity contribution in [2.24, 2.45) is 5.92 Å². The van der Waals surface area contributed by atoms with Gasteiger partial charge in [0.05, 0.1) is 12.2 Å². The molecule has 0 spiro atoms. The molecule has 1 saturated carbocycles. The summed E-state index contributed by atoms with van der Waals surface area (Å²) in [6.45, 7) is 7.75. The summed E-state index contributed by atoms with van der Waals surface area (Å²) in [7, 11) is -1.49. The van der Waals surface area contributed by atoms with Crippen molar-refractivity contribution in [2.45, 2.75) is 44.5 Å². The molecule has 1 aliphatic heterocycles. The van der Waals surface area contributed by atoms with Crippen molar-refractivity contribution in [1.29, 1.82) is 0 Å². The Bertz CT molecular complexity index is 532. The third-order valence-electron chi connectivity index (χ3n) is 4.39. The first-order valence-electron chi connectivity index (χ1n) is 6.98. The van der Waals surface area contributed by atoms with E-state index in [1.54, 1.807) is 0 Å². The van der Waals surface area contributed by atoms with E-state index in [0.29, 0.717) is 0 Å². The van der Waals surface area contributed by atoms with E-state index in [9.17, 15) is 0 Å². The van der Waals surface area contributed by atoms with Crippen molar-refractivity contribution in [3.63, 3.8) is 0 Å². The van der Waals surface area contributed by atoms with E-state index in [4.69, 9.17) is 9.16 Å². The number of benzene rings is 1. The SMILES string of the molecule is C[Si](C)(C)OC12CC1Cc1ccc3c(c12)CCO3. The maximum absolute atomic E-state index is 6.60. The maximum atomic E-state index is 6.60. The van der Waals surface area contributed by atoms with E-state index in [1.165, 1.54) is 29.5 Å². The van der Waals surface area contributed by atoms with Crippen LogP contribution in [0.4, 0.5) is 0 Å². The first-order valence-corrected chi connectivity index (χ1v) is 10.4. The van der Waals surface area contributed by atoms with Crippen LogP contribution in [0.15, 0.2) is 12.1 Å². The first kappa shape index (κ1) is 11.1. The Hall–Kier alpha value is -0.803. The second-order valence-electron chi connectivity index (χ2n) is 6.88. The van der Waals surface area contributed by atoms with Crippen molar-refractivity contribution >= 4 is 8.32 Å². The van der Waals surface area contributed by atoms with Crippen LogP contribution in [0.2, 0.25) is 19.6 Å². The molecule has 4 rings (SSSR count). The largest absolute Gasteiger partial charge is 0.493 e. The zero-order valence-electron chi connectivity index (χ0n) is 11.4. The molecule has 3 aliphatic rings. The van der Waals surface area contributed by atoms with Gasteiger partial charge in [-0.25, -0.2) is 0 Å². The number of hydrogen-bond acceptors (Lipinski definition) is 2. The third-order valence-corrected chi connectivity index (χ3v) is 5.37. The summed E-state index contributed by atoms with van der Waals surface area (Å²) in [5.41, 5.74) is 4.57. The summed E-state index contributed by atoms with van der Waals surface area (Å²) in [6, 6.07) is 4.43. The zero-order chi connectivity index (χ0) is 12.5. The molecule has 0 aromatic heterocycles. The lowest BCUT2D eigenvalue weighted by molar-refractivity contribution is 0.161. The molecule has 2 unspecified atom stereocenters. The number of rotatable bonds is 2. The van der Waals surface area contributed by atoms with Crippen LogP contribution in [0.5, 0.6) is 5.75 Å². The van der Waals surface area contributed by atoms with Gasteiger partial charge in [0, 0.05) is 12.0 Å². The average molecular weight is 260 g/mol. The van der Waals surface area contributed by atoms with Crippen LogP contribution in [0.3, 0.4) is 0 Å². The predicted octanol–water partition coefficient (Wildman–Crippen LogP) is 3.24. The van der Waals surface area contributed by atoms with E-state index in [2.05, 4.69) is 31.8 Å². The second-order valence-corrected chi connectivity index (χ2v) is 11.3. The van der Waals surface area contributed by atoms with Gasteiger partial charge in [-0.1, -0.05) is 6.07 Å². The molecule has 0 radical (unpaired) electrons.